The number of amides is 2. The fourth-order valence-corrected chi connectivity index (χ4v) is 3.24. The molecule has 0 aromatic rings. The highest BCUT2D eigenvalue weighted by molar-refractivity contribution is 8.14. The molecule has 1 rings (SSSR count). The summed E-state index contributed by atoms with van der Waals surface area (Å²) in [4.78, 5) is 69.8. The fourth-order valence-electron chi connectivity index (χ4n) is 2.82. The third kappa shape index (κ3) is 9.34. The van der Waals surface area contributed by atoms with Crippen molar-refractivity contribution >= 4 is 46.6 Å². The van der Waals surface area contributed by atoms with Crippen molar-refractivity contribution in [1.29, 1.82) is 0 Å². The van der Waals surface area contributed by atoms with Crippen molar-refractivity contribution in [2.75, 3.05) is 12.4 Å². The van der Waals surface area contributed by atoms with Crippen molar-refractivity contribution < 1.29 is 47.7 Å². The van der Waals surface area contributed by atoms with E-state index in [0.717, 1.165) is 32.5 Å². The van der Waals surface area contributed by atoms with Gasteiger partial charge in [-0.25, -0.2) is 0 Å². The molecule has 0 saturated carbocycles. The van der Waals surface area contributed by atoms with Gasteiger partial charge in [-0.1, -0.05) is 11.8 Å². The van der Waals surface area contributed by atoms with Crippen molar-refractivity contribution in [1.82, 2.24) is 10.6 Å². The maximum Gasteiger partial charge on any atom is 0.303 e. The molecular weight excluding hydrogens is 436 g/mol. The molecule has 1 heterocycles. The van der Waals surface area contributed by atoms with Crippen LogP contribution in [0.25, 0.3) is 0 Å². The maximum absolute atomic E-state index is 12.3. The van der Waals surface area contributed by atoms with Crippen LogP contribution in [0, 0.1) is 0 Å². The van der Waals surface area contributed by atoms with Crippen LogP contribution in [0.1, 0.15) is 34.6 Å². The summed E-state index contributed by atoms with van der Waals surface area (Å²) in [5, 5.41) is 4.74. The Balaban J connectivity index is 3.27. The third-order valence-electron chi connectivity index (χ3n) is 3.83. The smallest absolute Gasteiger partial charge is 0.303 e. The molecule has 0 spiro atoms. The van der Waals surface area contributed by atoms with E-state index in [4.69, 9.17) is 18.9 Å². The van der Waals surface area contributed by atoms with Crippen LogP contribution >= 0.6 is 11.8 Å². The number of esters is 3. The molecule has 2 N–H and O–H groups in total. The number of thioether (sulfide) groups is 1. The minimum absolute atomic E-state index is 0.220. The predicted octanol–water partition coefficient (Wildman–Crippen LogP) is -0.962. The second-order valence-corrected chi connectivity index (χ2v) is 7.77. The number of ether oxygens (including phenoxy) is 4. The molecule has 0 bridgehead atoms. The van der Waals surface area contributed by atoms with Crippen molar-refractivity contribution in [3.8, 4) is 0 Å². The maximum atomic E-state index is 12.3. The monoisotopic (exact) mass is 462 g/mol. The molecule has 0 unspecified atom stereocenters. The fraction of sp³-hybridized carbons (Fsp3) is 0.667. The molecule has 13 heteroatoms. The Morgan fingerprint density at radius 2 is 1.42 bits per heavy atom. The van der Waals surface area contributed by atoms with Gasteiger partial charge in [0.15, 0.2) is 23.6 Å². The molecule has 1 fully saturated rings. The van der Waals surface area contributed by atoms with Crippen molar-refractivity contribution in [2.24, 2.45) is 0 Å². The summed E-state index contributed by atoms with van der Waals surface area (Å²) in [6.45, 7) is 5.50. The first-order valence-electron chi connectivity index (χ1n) is 9.23. The quantitative estimate of drug-likeness (QED) is 0.337. The summed E-state index contributed by atoms with van der Waals surface area (Å²) in [6.07, 6.45) is -4.91. The van der Waals surface area contributed by atoms with Gasteiger partial charge >= 0.3 is 17.9 Å². The molecule has 174 valence electrons. The number of nitrogens with one attached hydrogen (secondary N) is 2. The summed E-state index contributed by atoms with van der Waals surface area (Å²) >= 11 is 0.761. The van der Waals surface area contributed by atoms with Gasteiger partial charge in [0.2, 0.25) is 11.8 Å². The van der Waals surface area contributed by atoms with Gasteiger partial charge in [0.05, 0.1) is 5.75 Å². The largest absolute Gasteiger partial charge is 0.463 e. The number of carbonyl (C=O) groups is 6. The lowest BCUT2D eigenvalue weighted by Gasteiger charge is -2.45. The second kappa shape index (κ2) is 12.2. The van der Waals surface area contributed by atoms with Gasteiger partial charge in [0, 0.05) is 34.6 Å². The molecule has 12 nitrogen and oxygen atoms in total. The molecule has 1 aliphatic rings. The van der Waals surface area contributed by atoms with Gasteiger partial charge in [0.1, 0.15) is 18.8 Å². The third-order valence-corrected chi connectivity index (χ3v) is 4.64. The van der Waals surface area contributed by atoms with E-state index in [0.29, 0.717) is 0 Å². The van der Waals surface area contributed by atoms with Crippen LogP contribution in [0.5, 0.6) is 0 Å². The predicted molar refractivity (Wildman–Crippen MR) is 105 cm³/mol. The number of hydrogen-bond donors (Lipinski definition) is 2. The Morgan fingerprint density at radius 3 is 1.90 bits per heavy atom. The minimum Gasteiger partial charge on any atom is -0.463 e. The van der Waals surface area contributed by atoms with E-state index in [1.165, 1.54) is 13.8 Å². The topological polar surface area (TPSA) is 163 Å². The summed E-state index contributed by atoms with van der Waals surface area (Å²) in [6, 6.07) is -1.15. The van der Waals surface area contributed by atoms with Crippen LogP contribution < -0.4 is 10.6 Å². The summed E-state index contributed by atoms with van der Waals surface area (Å²) in [7, 11) is 0. The first kappa shape index (κ1) is 26.4. The zero-order valence-electron chi connectivity index (χ0n) is 17.8. The molecule has 0 radical (unpaired) electrons. The van der Waals surface area contributed by atoms with Gasteiger partial charge in [0.25, 0.3) is 0 Å². The average Bonchev–Trinajstić information content (AvgIpc) is 2.62. The van der Waals surface area contributed by atoms with E-state index in [1.54, 1.807) is 0 Å². The molecular formula is C18H26N2O10S. The normalized spacial score (nSPS) is 25.0. The van der Waals surface area contributed by atoms with Crippen molar-refractivity contribution in [3.05, 3.63) is 0 Å². The van der Waals surface area contributed by atoms with E-state index < -0.39 is 60.3 Å². The Hall–Kier alpha value is -2.67. The number of hydrogen-bond acceptors (Lipinski definition) is 11. The average molecular weight is 462 g/mol. The van der Waals surface area contributed by atoms with Crippen LogP contribution in [0.15, 0.2) is 0 Å². The summed E-state index contributed by atoms with van der Waals surface area (Å²) in [5.74, 6) is -3.48. The van der Waals surface area contributed by atoms with Gasteiger partial charge in [-0.2, -0.15) is 0 Å². The first-order valence-corrected chi connectivity index (χ1v) is 10.2. The highest BCUT2D eigenvalue weighted by Gasteiger charge is 2.51. The summed E-state index contributed by atoms with van der Waals surface area (Å²) < 4.78 is 21.3. The Morgan fingerprint density at radius 1 is 0.839 bits per heavy atom. The molecule has 2 amide bonds. The van der Waals surface area contributed by atoms with Crippen LogP contribution in [-0.4, -0.2) is 77.8 Å². The van der Waals surface area contributed by atoms with Gasteiger partial charge in [-0.3, -0.25) is 28.8 Å². The number of carbonyl (C=O) groups excluding carboxylic acids is 6. The van der Waals surface area contributed by atoms with E-state index in [2.05, 4.69) is 10.6 Å². The van der Waals surface area contributed by atoms with E-state index in [-0.39, 0.29) is 17.5 Å². The van der Waals surface area contributed by atoms with E-state index >= 15 is 0 Å². The highest BCUT2D eigenvalue weighted by atomic mass is 32.2. The molecule has 1 saturated heterocycles. The minimum atomic E-state index is -1.27. The standard InChI is InChI=1S/C18H26N2O10S/c1-8(21)19-15-17(29-11(4)24)16(28-10(3)23)13(6-27-9(2)22)30-18(15)20-14(26)7-31-12(5)25/h13,15-18H,6-7H2,1-5H3,(H,19,21)(H,20,26)/t13-,15-,16-,17-,18-/m1/s1. The Bertz CT molecular complexity index is 728. The van der Waals surface area contributed by atoms with Crippen LogP contribution in [0.3, 0.4) is 0 Å². The molecule has 0 aromatic carbocycles. The van der Waals surface area contributed by atoms with E-state index in [9.17, 15) is 28.8 Å². The number of rotatable bonds is 8. The van der Waals surface area contributed by atoms with Crippen molar-refractivity contribution in [2.45, 2.75) is 65.2 Å². The van der Waals surface area contributed by atoms with Crippen LogP contribution in [0.2, 0.25) is 0 Å². The van der Waals surface area contributed by atoms with Gasteiger partial charge in [-0.05, 0) is 0 Å². The first-order chi connectivity index (χ1) is 14.4. The Labute approximate surface area is 183 Å². The highest BCUT2D eigenvalue weighted by Crippen LogP contribution is 2.26. The lowest BCUT2D eigenvalue weighted by molar-refractivity contribution is -0.227. The van der Waals surface area contributed by atoms with Crippen molar-refractivity contribution in [3.63, 3.8) is 0 Å². The zero-order valence-corrected chi connectivity index (χ0v) is 18.6. The zero-order chi connectivity index (χ0) is 23.7. The lowest BCUT2D eigenvalue weighted by Crippen LogP contribution is -2.69. The van der Waals surface area contributed by atoms with Gasteiger partial charge in [-0.15, -0.1) is 0 Å². The molecule has 0 aromatic heterocycles. The van der Waals surface area contributed by atoms with E-state index in [1.807, 2.05) is 0 Å². The molecule has 1 aliphatic heterocycles. The van der Waals surface area contributed by atoms with Gasteiger partial charge < -0.3 is 29.6 Å². The van der Waals surface area contributed by atoms with Crippen LogP contribution in [0.4, 0.5) is 0 Å². The Kier molecular flexibility index (Phi) is 10.4. The molecule has 0 aliphatic carbocycles. The second-order valence-electron chi connectivity index (χ2n) is 6.62. The molecule has 31 heavy (non-hydrogen) atoms. The summed E-state index contributed by atoms with van der Waals surface area (Å²) in [5.41, 5.74) is 0. The SMILES string of the molecule is CC(=O)N[C@@H]1[C@@H](OC(C)=O)[C@H](OC(C)=O)[C@@H](COC(C)=O)O[C@H]1NC(=O)CSC(C)=O. The molecule has 5 atom stereocenters. The van der Waals surface area contributed by atoms with Crippen LogP contribution in [-0.2, 0) is 47.7 Å². The lowest BCUT2D eigenvalue weighted by atomic mass is 9.95.